The normalized spacial score (nSPS) is 12.2. The van der Waals surface area contributed by atoms with Gasteiger partial charge in [-0.3, -0.25) is 4.79 Å². The Morgan fingerprint density at radius 2 is 1.77 bits per heavy atom. The van der Waals surface area contributed by atoms with Crippen molar-refractivity contribution in [3.63, 3.8) is 0 Å². The SMILES string of the molecule is CCN(C(=O)Cc1ccc(N)cc1)C(C)c1cccc(C(F)(F)F)c1.Cl. The van der Waals surface area contributed by atoms with E-state index in [9.17, 15) is 18.0 Å². The van der Waals surface area contributed by atoms with Gasteiger partial charge in [-0.25, -0.2) is 0 Å². The van der Waals surface area contributed by atoms with Gasteiger partial charge < -0.3 is 10.6 Å². The average molecular weight is 387 g/mol. The van der Waals surface area contributed by atoms with Crippen molar-refractivity contribution in [3.8, 4) is 0 Å². The van der Waals surface area contributed by atoms with E-state index >= 15 is 0 Å². The molecule has 0 bridgehead atoms. The number of carbonyl (C=O) groups excluding carboxylic acids is 1. The van der Waals surface area contributed by atoms with Gasteiger partial charge in [-0.15, -0.1) is 12.4 Å². The molecule has 3 nitrogen and oxygen atoms in total. The van der Waals surface area contributed by atoms with Gasteiger partial charge in [0.25, 0.3) is 0 Å². The van der Waals surface area contributed by atoms with Gasteiger partial charge in [0.2, 0.25) is 5.91 Å². The second-order valence-corrected chi connectivity index (χ2v) is 5.90. The molecule has 2 N–H and O–H groups in total. The summed E-state index contributed by atoms with van der Waals surface area (Å²) in [7, 11) is 0. The predicted molar refractivity (Wildman–Crippen MR) is 99.1 cm³/mol. The third kappa shape index (κ3) is 5.39. The van der Waals surface area contributed by atoms with Crippen LogP contribution in [0.15, 0.2) is 48.5 Å². The van der Waals surface area contributed by atoms with Gasteiger partial charge in [0.15, 0.2) is 0 Å². The highest BCUT2D eigenvalue weighted by atomic mass is 35.5. The van der Waals surface area contributed by atoms with E-state index in [0.717, 1.165) is 17.7 Å². The zero-order valence-corrected chi connectivity index (χ0v) is 15.4. The summed E-state index contributed by atoms with van der Waals surface area (Å²) in [5.41, 5.74) is 6.81. The van der Waals surface area contributed by atoms with Crippen LogP contribution in [0.25, 0.3) is 0 Å². The minimum Gasteiger partial charge on any atom is -0.399 e. The second kappa shape index (κ2) is 8.94. The van der Waals surface area contributed by atoms with Crippen molar-refractivity contribution >= 4 is 24.0 Å². The molecule has 0 fully saturated rings. The lowest BCUT2D eigenvalue weighted by molar-refractivity contribution is -0.137. The Balaban J connectivity index is 0.00000338. The molecule has 0 aliphatic heterocycles. The van der Waals surface area contributed by atoms with Crippen LogP contribution in [0.1, 0.15) is 36.6 Å². The maximum absolute atomic E-state index is 12.9. The highest BCUT2D eigenvalue weighted by Gasteiger charge is 2.31. The molecule has 0 aliphatic rings. The smallest absolute Gasteiger partial charge is 0.399 e. The zero-order chi connectivity index (χ0) is 18.6. The molecule has 2 aromatic carbocycles. The molecule has 2 rings (SSSR count). The monoisotopic (exact) mass is 386 g/mol. The standard InChI is InChI=1S/C19H21F3N2O.ClH/c1-3-24(18(25)11-14-7-9-17(23)10-8-14)13(2)15-5-4-6-16(12-15)19(20,21)22;/h4-10,12-13H,3,11,23H2,1-2H3;1H. The summed E-state index contributed by atoms with van der Waals surface area (Å²) in [6, 6.07) is 11.6. The molecule has 2 aromatic rings. The lowest BCUT2D eigenvalue weighted by Crippen LogP contribution is -2.34. The molecule has 0 radical (unpaired) electrons. The van der Waals surface area contributed by atoms with Crippen LogP contribution >= 0.6 is 12.4 Å². The summed E-state index contributed by atoms with van der Waals surface area (Å²) in [4.78, 5) is 14.2. The van der Waals surface area contributed by atoms with Crippen molar-refractivity contribution in [1.29, 1.82) is 0 Å². The van der Waals surface area contributed by atoms with Crippen LogP contribution < -0.4 is 5.73 Å². The van der Waals surface area contributed by atoms with Crippen LogP contribution in [0.4, 0.5) is 18.9 Å². The molecule has 142 valence electrons. The van der Waals surface area contributed by atoms with E-state index in [0.29, 0.717) is 17.8 Å². The van der Waals surface area contributed by atoms with Crippen molar-refractivity contribution in [2.24, 2.45) is 0 Å². The fourth-order valence-electron chi connectivity index (χ4n) is 2.73. The van der Waals surface area contributed by atoms with Crippen molar-refractivity contribution in [2.45, 2.75) is 32.5 Å². The van der Waals surface area contributed by atoms with Crippen molar-refractivity contribution in [1.82, 2.24) is 4.90 Å². The molecular weight excluding hydrogens is 365 g/mol. The minimum absolute atomic E-state index is 0. The van der Waals surface area contributed by atoms with Crippen LogP contribution in [-0.4, -0.2) is 17.4 Å². The molecular formula is C19H22ClF3N2O. The van der Waals surface area contributed by atoms with Gasteiger partial charge in [-0.1, -0.05) is 24.3 Å². The van der Waals surface area contributed by atoms with Gasteiger partial charge in [-0.2, -0.15) is 13.2 Å². The summed E-state index contributed by atoms with van der Waals surface area (Å²) < 4.78 is 38.7. The lowest BCUT2D eigenvalue weighted by Gasteiger charge is -2.29. The topological polar surface area (TPSA) is 46.3 Å². The van der Waals surface area contributed by atoms with Crippen LogP contribution in [0.3, 0.4) is 0 Å². The summed E-state index contributed by atoms with van der Waals surface area (Å²) >= 11 is 0. The van der Waals surface area contributed by atoms with Crippen LogP contribution in [0.2, 0.25) is 0 Å². The number of nitrogens with zero attached hydrogens (tertiary/aromatic N) is 1. The maximum atomic E-state index is 12.9. The van der Waals surface area contributed by atoms with Crippen LogP contribution in [-0.2, 0) is 17.4 Å². The first kappa shape index (κ1) is 21.8. The van der Waals surface area contributed by atoms with Crippen LogP contribution in [0.5, 0.6) is 0 Å². The Labute approximate surface area is 157 Å². The van der Waals surface area contributed by atoms with Gasteiger partial charge in [0.1, 0.15) is 0 Å². The molecule has 0 saturated heterocycles. The summed E-state index contributed by atoms with van der Waals surface area (Å²) in [5.74, 6) is -0.141. The number of alkyl halides is 3. The number of hydrogen-bond acceptors (Lipinski definition) is 2. The van der Waals surface area contributed by atoms with Gasteiger partial charge in [0.05, 0.1) is 18.0 Å². The Bertz CT molecular complexity index is 732. The number of amides is 1. The molecule has 0 heterocycles. The first-order valence-corrected chi connectivity index (χ1v) is 8.03. The maximum Gasteiger partial charge on any atom is 0.416 e. The van der Waals surface area contributed by atoms with E-state index in [1.165, 1.54) is 6.07 Å². The predicted octanol–water partition coefficient (Wildman–Crippen LogP) is 4.86. The molecule has 0 aliphatic carbocycles. The third-order valence-corrected chi connectivity index (χ3v) is 4.16. The number of likely N-dealkylation sites (N-methyl/N-ethyl adjacent to an activating group) is 1. The van der Waals surface area contributed by atoms with Gasteiger partial charge >= 0.3 is 6.18 Å². The Morgan fingerprint density at radius 3 is 2.31 bits per heavy atom. The summed E-state index contributed by atoms with van der Waals surface area (Å²) in [6.07, 6.45) is -4.22. The first-order chi connectivity index (χ1) is 11.7. The molecule has 1 atom stereocenters. The second-order valence-electron chi connectivity index (χ2n) is 5.90. The highest BCUT2D eigenvalue weighted by Crippen LogP contribution is 2.32. The van der Waals surface area contributed by atoms with Crippen molar-refractivity contribution in [2.75, 3.05) is 12.3 Å². The van der Waals surface area contributed by atoms with E-state index in [-0.39, 0.29) is 24.7 Å². The number of carbonyl (C=O) groups is 1. The van der Waals surface area contributed by atoms with E-state index < -0.39 is 17.8 Å². The number of hydrogen-bond donors (Lipinski definition) is 1. The Hall–Kier alpha value is -2.21. The summed E-state index contributed by atoms with van der Waals surface area (Å²) in [5, 5.41) is 0. The number of anilines is 1. The lowest BCUT2D eigenvalue weighted by atomic mass is 10.0. The zero-order valence-electron chi connectivity index (χ0n) is 14.6. The number of nitrogen functional groups attached to an aromatic ring is 1. The quantitative estimate of drug-likeness (QED) is 0.746. The number of benzene rings is 2. The van der Waals surface area contributed by atoms with Crippen molar-refractivity contribution < 1.29 is 18.0 Å². The number of halogens is 4. The van der Waals surface area contributed by atoms with E-state index in [4.69, 9.17) is 5.73 Å². The molecule has 0 aromatic heterocycles. The van der Waals surface area contributed by atoms with Crippen LogP contribution in [0, 0.1) is 0 Å². The molecule has 1 unspecified atom stereocenters. The molecule has 0 spiro atoms. The minimum atomic E-state index is -4.40. The van der Waals surface area contributed by atoms with Gasteiger partial charge in [-0.05, 0) is 49.2 Å². The molecule has 1 amide bonds. The van der Waals surface area contributed by atoms with E-state index in [2.05, 4.69) is 0 Å². The van der Waals surface area contributed by atoms with E-state index in [1.54, 1.807) is 42.2 Å². The fourth-order valence-corrected chi connectivity index (χ4v) is 2.73. The first-order valence-electron chi connectivity index (χ1n) is 8.03. The highest BCUT2D eigenvalue weighted by molar-refractivity contribution is 5.85. The Morgan fingerprint density at radius 1 is 1.15 bits per heavy atom. The fraction of sp³-hybridized carbons (Fsp3) is 0.316. The average Bonchev–Trinajstić information content (AvgIpc) is 2.57. The largest absolute Gasteiger partial charge is 0.416 e. The van der Waals surface area contributed by atoms with Crippen molar-refractivity contribution in [3.05, 3.63) is 65.2 Å². The molecule has 0 saturated carbocycles. The summed E-state index contributed by atoms with van der Waals surface area (Å²) in [6.45, 7) is 3.95. The van der Waals surface area contributed by atoms with E-state index in [1.807, 2.05) is 6.92 Å². The molecule has 7 heteroatoms. The number of nitrogens with two attached hydrogens (primary N) is 1. The van der Waals surface area contributed by atoms with Gasteiger partial charge in [0, 0.05) is 12.2 Å². The third-order valence-electron chi connectivity index (χ3n) is 4.16. The Kier molecular flexibility index (Phi) is 7.51. The number of rotatable bonds is 5. The molecule has 26 heavy (non-hydrogen) atoms.